The molecule has 0 spiro atoms. The summed E-state index contributed by atoms with van der Waals surface area (Å²) in [5, 5.41) is 6.25. The van der Waals surface area contributed by atoms with E-state index in [1.165, 1.54) is 0 Å². The zero-order valence-electron chi connectivity index (χ0n) is 21.1. The van der Waals surface area contributed by atoms with Crippen LogP contribution >= 0.6 is 0 Å². The summed E-state index contributed by atoms with van der Waals surface area (Å²) in [6.07, 6.45) is 0.706. The van der Waals surface area contributed by atoms with Gasteiger partial charge in [-0.05, 0) is 54.6 Å². The highest BCUT2D eigenvalue weighted by Crippen LogP contribution is 2.38. The minimum Gasteiger partial charge on any atom is -0.491 e. The number of aromatic nitrogens is 4. The Bertz CT molecular complexity index is 1580. The molecule has 2 aromatic heterocycles. The summed E-state index contributed by atoms with van der Waals surface area (Å²) in [5.74, 6) is 0.447. The average Bonchev–Trinajstić information content (AvgIpc) is 3.27. The fraction of sp³-hybridized carbons (Fsp3) is 0.207. The van der Waals surface area contributed by atoms with Crippen LogP contribution in [0.1, 0.15) is 42.4 Å². The number of pyridine rings is 1. The van der Waals surface area contributed by atoms with E-state index in [9.17, 15) is 0 Å². The van der Waals surface area contributed by atoms with Crippen molar-refractivity contribution in [1.82, 2.24) is 19.7 Å². The molecule has 0 aliphatic heterocycles. The zero-order valence-corrected chi connectivity index (χ0v) is 21.1. The first-order valence-electron chi connectivity index (χ1n) is 12.3. The highest BCUT2D eigenvalue weighted by molar-refractivity contribution is 5.93. The highest BCUT2D eigenvalue weighted by atomic mass is 19.1. The predicted octanol–water partition coefficient (Wildman–Crippen LogP) is 5.48. The van der Waals surface area contributed by atoms with Gasteiger partial charge in [-0.15, -0.1) is 0 Å². The first kappa shape index (κ1) is 24.2. The van der Waals surface area contributed by atoms with Crippen molar-refractivity contribution in [1.29, 1.82) is 0 Å². The van der Waals surface area contributed by atoms with Crippen molar-refractivity contribution in [3.05, 3.63) is 95.2 Å². The largest absolute Gasteiger partial charge is 0.491 e. The highest BCUT2D eigenvalue weighted by Gasteiger charge is 2.30. The van der Waals surface area contributed by atoms with Gasteiger partial charge in [0.2, 0.25) is 0 Å². The van der Waals surface area contributed by atoms with Crippen LogP contribution in [0.2, 0.25) is 0 Å². The lowest BCUT2D eigenvalue weighted by Gasteiger charge is -2.21. The number of halogens is 1. The molecule has 0 saturated heterocycles. The fourth-order valence-corrected chi connectivity index (χ4v) is 4.61. The van der Waals surface area contributed by atoms with Crippen molar-refractivity contribution >= 4 is 22.3 Å². The number of ether oxygens (including phenoxy) is 1. The number of hydrogen-bond donors (Lipinski definition) is 2. The number of hydrogen-bond acceptors (Lipinski definition) is 6. The Morgan fingerprint density at radius 3 is 2.49 bits per heavy atom. The van der Waals surface area contributed by atoms with E-state index in [0.717, 1.165) is 21.9 Å². The number of nitrogens with zero attached hydrogens (tertiary/aromatic N) is 4. The van der Waals surface area contributed by atoms with Crippen molar-refractivity contribution < 1.29 is 9.13 Å². The zero-order chi connectivity index (χ0) is 26.1. The van der Waals surface area contributed by atoms with E-state index < -0.39 is 11.7 Å². The second-order valence-electron chi connectivity index (χ2n) is 8.91. The van der Waals surface area contributed by atoms with Crippen LogP contribution in [0.3, 0.4) is 0 Å². The maximum atomic E-state index is 16.1. The number of nitrogens with two attached hydrogens (primary N) is 2. The first-order valence-corrected chi connectivity index (χ1v) is 12.3. The molecule has 37 heavy (non-hydrogen) atoms. The van der Waals surface area contributed by atoms with Gasteiger partial charge in [-0.3, -0.25) is 4.68 Å². The SMILES string of the molecule is CCOc1cc(CC)cc(C(c2cc3cc(N)ccc3c(N)n2)c2nc(-c3ccccc3)nn2C)c1F. The molecule has 5 rings (SSSR count). The third kappa shape index (κ3) is 4.58. The molecular weight excluding hydrogens is 467 g/mol. The number of nitrogen functional groups attached to an aromatic ring is 2. The van der Waals surface area contributed by atoms with Gasteiger partial charge in [0.15, 0.2) is 17.4 Å². The van der Waals surface area contributed by atoms with Crippen molar-refractivity contribution in [3.63, 3.8) is 0 Å². The van der Waals surface area contributed by atoms with Gasteiger partial charge in [-0.2, -0.15) is 5.10 Å². The van der Waals surface area contributed by atoms with Crippen LogP contribution in [0.4, 0.5) is 15.9 Å². The molecule has 4 N–H and O–H groups in total. The van der Waals surface area contributed by atoms with Crippen LogP contribution < -0.4 is 16.2 Å². The molecule has 1 unspecified atom stereocenters. The third-order valence-corrected chi connectivity index (χ3v) is 6.43. The topological polar surface area (TPSA) is 105 Å². The average molecular weight is 497 g/mol. The normalized spacial score (nSPS) is 12.1. The van der Waals surface area contributed by atoms with Gasteiger partial charge >= 0.3 is 0 Å². The summed E-state index contributed by atoms with van der Waals surface area (Å²) in [5.41, 5.74) is 15.8. The van der Waals surface area contributed by atoms with Crippen LogP contribution in [-0.2, 0) is 13.5 Å². The van der Waals surface area contributed by atoms with E-state index in [4.69, 9.17) is 26.2 Å². The lowest BCUT2D eigenvalue weighted by atomic mass is 9.90. The molecule has 0 fully saturated rings. The smallest absolute Gasteiger partial charge is 0.181 e. The molecule has 2 heterocycles. The summed E-state index contributed by atoms with van der Waals surface area (Å²) in [6.45, 7) is 4.20. The van der Waals surface area contributed by atoms with Gasteiger partial charge in [-0.25, -0.2) is 14.4 Å². The Morgan fingerprint density at radius 1 is 0.973 bits per heavy atom. The Balaban J connectivity index is 1.79. The number of anilines is 2. The van der Waals surface area contributed by atoms with Crippen LogP contribution in [0.25, 0.3) is 22.2 Å². The summed E-state index contributed by atoms with van der Waals surface area (Å²) >= 11 is 0. The maximum Gasteiger partial charge on any atom is 0.181 e. The molecule has 3 aromatic carbocycles. The summed E-state index contributed by atoms with van der Waals surface area (Å²) in [6, 6.07) is 20.6. The Hall–Kier alpha value is -4.46. The number of aryl methyl sites for hydroxylation is 2. The van der Waals surface area contributed by atoms with Crippen LogP contribution in [0, 0.1) is 5.82 Å². The van der Waals surface area contributed by atoms with Crippen molar-refractivity contribution in [2.24, 2.45) is 7.05 Å². The molecule has 0 aliphatic carbocycles. The molecular formula is C29H29FN6O. The minimum absolute atomic E-state index is 0.199. The van der Waals surface area contributed by atoms with Gasteiger partial charge in [0.05, 0.1) is 18.2 Å². The van der Waals surface area contributed by atoms with Crippen molar-refractivity contribution in [3.8, 4) is 17.1 Å². The predicted molar refractivity (Wildman–Crippen MR) is 145 cm³/mol. The Morgan fingerprint density at radius 2 is 1.76 bits per heavy atom. The minimum atomic E-state index is -0.700. The van der Waals surface area contributed by atoms with Crippen molar-refractivity contribution in [2.75, 3.05) is 18.1 Å². The third-order valence-electron chi connectivity index (χ3n) is 6.43. The summed E-state index contributed by atoms with van der Waals surface area (Å²) in [4.78, 5) is 9.60. The molecule has 8 heteroatoms. The van der Waals surface area contributed by atoms with E-state index in [0.29, 0.717) is 47.4 Å². The van der Waals surface area contributed by atoms with Gasteiger partial charge in [0.1, 0.15) is 11.6 Å². The van der Waals surface area contributed by atoms with Gasteiger partial charge in [0, 0.05) is 29.2 Å². The molecule has 0 amide bonds. The van der Waals surface area contributed by atoms with E-state index in [1.807, 2.05) is 68.4 Å². The van der Waals surface area contributed by atoms with Gasteiger partial charge in [0.25, 0.3) is 0 Å². The monoisotopic (exact) mass is 496 g/mol. The summed E-state index contributed by atoms with van der Waals surface area (Å²) < 4.78 is 23.4. The molecule has 7 nitrogen and oxygen atoms in total. The molecule has 0 bridgehead atoms. The van der Waals surface area contributed by atoms with E-state index in [2.05, 4.69) is 5.10 Å². The lowest BCUT2D eigenvalue weighted by Crippen LogP contribution is -2.15. The molecule has 0 radical (unpaired) electrons. The Kier molecular flexibility index (Phi) is 6.48. The van der Waals surface area contributed by atoms with Crippen molar-refractivity contribution in [2.45, 2.75) is 26.2 Å². The quantitative estimate of drug-likeness (QED) is 0.289. The van der Waals surface area contributed by atoms with Crippen LogP contribution in [-0.4, -0.2) is 26.4 Å². The fourth-order valence-electron chi connectivity index (χ4n) is 4.61. The molecule has 0 saturated carbocycles. The van der Waals surface area contributed by atoms with Crippen LogP contribution in [0.15, 0.2) is 66.7 Å². The van der Waals surface area contributed by atoms with E-state index >= 15 is 4.39 Å². The number of benzene rings is 3. The number of rotatable bonds is 7. The number of fused-ring (bicyclic) bond motifs is 1. The summed E-state index contributed by atoms with van der Waals surface area (Å²) in [7, 11) is 1.80. The van der Waals surface area contributed by atoms with E-state index in [-0.39, 0.29) is 5.75 Å². The molecule has 0 aliphatic rings. The Labute approximate surface area is 214 Å². The molecule has 5 aromatic rings. The maximum absolute atomic E-state index is 16.1. The second-order valence-corrected chi connectivity index (χ2v) is 8.91. The lowest BCUT2D eigenvalue weighted by molar-refractivity contribution is 0.319. The second kappa shape index (κ2) is 9.89. The first-order chi connectivity index (χ1) is 17.9. The van der Waals surface area contributed by atoms with E-state index in [1.54, 1.807) is 23.9 Å². The van der Waals surface area contributed by atoms with Gasteiger partial charge < -0.3 is 16.2 Å². The molecule has 188 valence electrons. The van der Waals surface area contributed by atoms with Gasteiger partial charge in [-0.1, -0.05) is 43.3 Å². The molecule has 1 atom stereocenters. The standard InChI is InChI=1S/C29H29FN6O/c1-4-17-13-22(26(30)24(14-17)37-5-2)25(23-16-19-15-20(31)11-12-21(19)27(32)33-23)29-34-28(35-36(29)3)18-9-7-6-8-10-18/h6-16,25H,4-5,31H2,1-3H3,(H2,32,33). The van der Waals surface area contributed by atoms with Crippen LogP contribution in [0.5, 0.6) is 5.75 Å².